The van der Waals surface area contributed by atoms with Gasteiger partial charge >= 0.3 is 0 Å². The number of imidazole rings is 2. The summed E-state index contributed by atoms with van der Waals surface area (Å²) in [6.45, 7) is 0.708. The number of H-pyrrole nitrogens is 2. The number of rotatable bonds is 13. The Kier molecular flexibility index (Phi) is 11.2. The highest BCUT2D eigenvalue weighted by Crippen LogP contribution is 2.43. The van der Waals surface area contributed by atoms with Crippen LogP contribution in [0, 0.1) is 5.92 Å². The van der Waals surface area contributed by atoms with Gasteiger partial charge in [-0.2, -0.15) is 0 Å². The number of likely N-dealkylation sites (tertiary alicyclic amines) is 1. The van der Waals surface area contributed by atoms with Crippen molar-refractivity contribution < 1.29 is 14.3 Å². The fourth-order valence-electron chi connectivity index (χ4n) is 8.84. The minimum absolute atomic E-state index is 0.0518. The minimum atomic E-state index is -0.352. The smallest absolute Gasteiger partial charge is 0.245 e. The summed E-state index contributed by atoms with van der Waals surface area (Å²) in [5.74, 6) is 3.41. The van der Waals surface area contributed by atoms with Crippen molar-refractivity contribution >= 4 is 11.7 Å². The molecule has 1 saturated carbocycles. The van der Waals surface area contributed by atoms with Gasteiger partial charge in [-0.1, -0.05) is 79.2 Å². The van der Waals surface area contributed by atoms with Gasteiger partial charge in [0.25, 0.3) is 0 Å². The Morgan fingerprint density at radius 1 is 0.667 bits per heavy atom. The van der Waals surface area contributed by atoms with E-state index in [4.69, 9.17) is 14.7 Å². The van der Waals surface area contributed by atoms with Crippen LogP contribution in [0.1, 0.15) is 78.9 Å². The molecule has 57 heavy (non-hydrogen) atoms. The summed E-state index contributed by atoms with van der Waals surface area (Å²) in [6, 6.07) is 35.2. The van der Waals surface area contributed by atoms with Crippen LogP contribution in [0.4, 0.5) is 0 Å². The number of carbonyl (C=O) groups is 2. The molecule has 2 aliphatic rings. The number of hydrogen-bond acceptors (Lipinski definition) is 7. The van der Waals surface area contributed by atoms with Crippen molar-refractivity contribution in [2.24, 2.45) is 5.92 Å². The summed E-state index contributed by atoms with van der Waals surface area (Å²) in [4.78, 5) is 50.6. The third kappa shape index (κ3) is 8.06. The fraction of sp³-hybridized carbons (Fsp3) is 0.319. The van der Waals surface area contributed by atoms with E-state index in [9.17, 15) is 9.59 Å². The summed E-state index contributed by atoms with van der Waals surface area (Å²) in [5.41, 5.74) is 5.75. The summed E-state index contributed by atoms with van der Waals surface area (Å²) in [6.07, 6.45) is 8.32. The van der Waals surface area contributed by atoms with Crippen LogP contribution in [0.2, 0.25) is 0 Å². The zero-order chi connectivity index (χ0) is 39.5. The second-order valence-corrected chi connectivity index (χ2v) is 15.8. The molecule has 8 rings (SSSR count). The Bertz CT molecular complexity index is 2280. The molecule has 1 unspecified atom stereocenters. The van der Waals surface area contributed by atoms with E-state index in [0.717, 1.165) is 77.4 Å². The number of hydrogen-bond donors (Lipinski definition) is 2. The minimum Gasteiger partial charge on any atom is -0.457 e. The number of likely N-dealkylation sites (N-methyl/N-ethyl adjacent to an activating group) is 2. The van der Waals surface area contributed by atoms with E-state index in [-0.39, 0.29) is 41.7 Å². The Morgan fingerprint density at radius 3 is 1.98 bits per heavy atom. The molecule has 1 aliphatic carbocycles. The molecule has 10 nitrogen and oxygen atoms in total. The van der Waals surface area contributed by atoms with Gasteiger partial charge in [-0.05, 0) is 107 Å². The Labute approximate surface area is 334 Å². The summed E-state index contributed by atoms with van der Waals surface area (Å²) >= 11 is 0. The predicted octanol–water partition coefficient (Wildman–Crippen LogP) is 8.98. The average Bonchev–Trinajstić information content (AvgIpc) is 4.06. The van der Waals surface area contributed by atoms with E-state index in [2.05, 4.69) is 9.97 Å². The molecule has 1 saturated heterocycles. The monoisotopic (exact) mass is 761 g/mol. The largest absolute Gasteiger partial charge is 0.457 e. The van der Waals surface area contributed by atoms with E-state index < -0.39 is 0 Å². The molecule has 2 fully saturated rings. The first-order valence-corrected chi connectivity index (χ1v) is 20.0. The van der Waals surface area contributed by atoms with Crippen LogP contribution in [-0.2, 0) is 9.59 Å². The molecule has 1 aliphatic heterocycles. The lowest BCUT2D eigenvalue weighted by atomic mass is 9.85. The Morgan fingerprint density at radius 2 is 1.30 bits per heavy atom. The van der Waals surface area contributed by atoms with Crippen LogP contribution in [0.15, 0.2) is 122 Å². The predicted molar refractivity (Wildman–Crippen MR) is 223 cm³/mol. The van der Waals surface area contributed by atoms with Gasteiger partial charge in [0.2, 0.25) is 5.91 Å². The molecular formula is C47H51N7O3. The highest BCUT2D eigenvalue weighted by atomic mass is 16.5. The molecule has 0 bridgehead atoms. The SMILES string of the molecule is CN(C)[C@H](C(=O)N1CCC[C@@H]1c1ncc(-c2ccc(Oc3cccc(-c4cnc([C@H]5CCCC5C(=O)[C@@H](c5ccccc5)N(C)C)[nH]4)c3)cc2)[nH]1)c1ccccc1. The van der Waals surface area contributed by atoms with E-state index in [1.54, 1.807) is 0 Å². The van der Waals surface area contributed by atoms with Crippen molar-refractivity contribution in [3.05, 3.63) is 144 Å². The third-order valence-corrected chi connectivity index (χ3v) is 11.6. The molecule has 2 N–H and O–H groups in total. The molecule has 6 aromatic rings. The summed E-state index contributed by atoms with van der Waals surface area (Å²) < 4.78 is 6.32. The molecule has 10 heteroatoms. The van der Waals surface area contributed by atoms with Gasteiger partial charge in [0.05, 0.1) is 35.9 Å². The number of ketones is 1. The number of nitrogens with zero attached hydrogens (tertiary/aromatic N) is 5. The first-order chi connectivity index (χ1) is 27.7. The van der Waals surface area contributed by atoms with Crippen molar-refractivity contribution in [3.8, 4) is 34.0 Å². The molecule has 2 aromatic heterocycles. The van der Waals surface area contributed by atoms with Crippen molar-refractivity contribution in [2.45, 2.75) is 56.1 Å². The topological polar surface area (TPSA) is 110 Å². The van der Waals surface area contributed by atoms with Crippen LogP contribution < -0.4 is 4.74 Å². The van der Waals surface area contributed by atoms with Crippen LogP contribution >= 0.6 is 0 Å². The van der Waals surface area contributed by atoms with E-state index in [0.29, 0.717) is 18.0 Å². The summed E-state index contributed by atoms with van der Waals surface area (Å²) in [7, 11) is 7.86. The number of carbonyl (C=O) groups excluding carboxylic acids is 2. The quantitative estimate of drug-likeness (QED) is 0.121. The van der Waals surface area contributed by atoms with Crippen LogP contribution in [-0.4, -0.2) is 81.1 Å². The number of Topliss-reactive ketones (excluding diaryl/α,β-unsaturated/α-hetero) is 1. The van der Waals surface area contributed by atoms with Gasteiger partial charge in [0.15, 0.2) is 5.78 Å². The second-order valence-electron chi connectivity index (χ2n) is 15.8. The van der Waals surface area contributed by atoms with Crippen LogP contribution in [0.5, 0.6) is 11.5 Å². The maximum absolute atomic E-state index is 14.0. The first kappa shape index (κ1) is 38.1. The number of amides is 1. The van der Waals surface area contributed by atoms with E-state index >= 15 is 0 Å². The maximum atomic E-state index is 14.0. The highest BCUT2D eigenvalue weighted by Gasteiger charge is 2.40. The van der Waals surface area contributed by atoms with Gasteiger partial charge in [0, 0.05) is 23.9 Å². The molecule has 4 aromatic carbocycles. The standard InChI is InChI=1S/C47H51N7O3/c1-52(2)42(32-14-7-5-8-15-32)44(55)37-20-12-21-38(37)45-48-30-40(50-45)34-18-11-19-36(28-34)57-35-25-23-31(24-26-35)39-29-49-46(51-39)41-22-13-27-54(41)47(56)43(53(3)4)33-16-9-6-10-17-33/h5-11,14-19,23-26,28-30,37-38,41-43H,12-13,20-22,27H2,1-4H3,(H,48,50)(H,49,51)/t37?,38-,41+,42+,43-/m0/s1. The lowest BCUT2D eigenvalue weighted by molar-refractivity contribution is -0.137. The fourth-order valence-corrected chi connectivity index (χ4v) is 8.84. The molecule has 5 atom stereocenters. The number of ether oxygens (including phenoxy) is 1. The van der Waals surface area contributed by atoms with Crippen molar-refractivity contribution in [1.82, 2.24) is 34.6 Å². The Balaban J connectivity index is 0.925. The van der Waals surface area contributed by atoms with Crippen molar-refractivity contribution in [3.63, 3.8) is 0 Å². The summed E-state index contributed by atoms with van der Waals surface area (Å²) in [5, 5.41) is 0. The lowest BCUT2D eigenvalue weighted by Crippen LogP contribution is -2.40. The maximum Gasteiger partial charge on any atom is 0.245 e. The van der Waals surface area contributed by atoms with Gasteiger partial charge in [-0.3, -0.25) is 19.4 Å². The van der Waals surface area contributed by atoms with E-state index in [1.165, 1.54) is 0 Å². The van der Waals surface area contributed by atoms with Crippen molar-refractivity contribution in [1.29, 1.82) is 0 Å². The zero-order valence-electron chi connectivity index (χ0n) is 33.1. The third-order valence-electron chi connectivity index (χ3n) is 11.6. The molecule has 292 valence electrons. The Hall–Kier alpha value is -5.84. The number of aromatic amines is 2. The van der Waals surface area contributed by atoms with Crippen molar-refractivity contribution in [2.75, 3.05) is 34.7 Å². The van der Waals surface area contributed by atoms with Gasteiger partial charge in [-0.25, -0.2) is 9.97 Å². The molecule has 1 amide bonds. The number of nitrogens with one attached hydrogen (secondary N) is 2. The second kappa shape index (κ2) is 16.7. The van der Waals surface area contributed by atoms with Gasteiger partial charge in [0.1, 0.15) is 29.2 Å². The first-order valence-electron chi connectivity index (χ1n) is 20.0. The van der Waals surface area contributed by atoms with E-state index in [1.807, 2.05) is 164 Å². The normalized spacial score (nSPS) is 19.3. The van der Waals surface area contributed by atoms with Gasteiger partial charge < -0.3 is 19.6 Å². The lowest BCUT2D eigenvalue weighted by Gasteiger charge is -2.31. The van der Waals surface area contributed by atoms with Crippen LogP contribution in [0.3, 0.4) is 0 Å². The highest BCUT2D eigenvalue weighted by molar-refractivity contribution is 5.88. The van der Waals surface area contributed by atoms with Crippen LogP contribution in [0.25, 0.3) is 22.5 Å². The zero-order valence-corrected chi connectivity index (χ0v) is 33.1. The molecule has 3 heterocycles. The molecular weight excluding hydrogens is 711 g/mol. The van der Waals surface area contributed by atoms with Gasteiger partial charge in [-0.15, -0.1) is 0 Å². The molecule has 0 spiro atoms. The molecule has 0 radical (unpaired) electrons. The number of aromatic nitrogens is 4. The number of benzene rings is 4. The average molecular weight is 762 g/mol.